The van der Waals surface area contributed by atoms with Gasteiger partial charge in [0.15, 0.2) is 6.10 Å². The lowest BCUT2D eigenvalue weighted by atomic mass is 10.0. The van der Waals surface area contributed by atoms with E-state index in [2.05, 4.69) is 27.2 Å². The smallest absolute Gasteiger partial charge is 0.261 e. The summed E-state index contributed by atoms with van der Waals surface area (Å²) in [6, 6.07) is 14.2. The van der Waals surface area contributed by atoms with E-state index in [1.54, 1.807) is 42.5 Å². The van der Waals surface area contributed by atoms with Crippen molar-refractivity contribution >= 4 is 29.1 Å². The highest BCUT2D eigenvalue weighted by Crippen LogP contribution is 2.32. The van der Waals surface area contributed by atoms with Crippen LogP contribution in [0.5, 0.6) is 11.5 Å². The van der Waals surface area contributed by atoms with Crippen LogP contribution < -0.4 is 25.5 Å². The largest absolute Gasteiger partial charge is 0.492 e. The van der Waals surface area contributed by atoms with Crippen molar-refractivity contribution in [3.8, 4) is 17.6 Å². The number of carbonyl (C=O) groups is 2. The van der Waals surface area contributed by atoms with E-state index in [1.165, 1.54) is 0 Å². The van der Waals surface area contributed by atoms with Crippen molar-refractivity contribution in [2.75, 3.05) is 13.2 Å². The molecular weight excluding hydrogens is 522 g/mol. The third kappa shape index (κ3) is 8.68. The van der Waals surface area contributed by atoms with Gasteiger partial charge in [0.2, 0.25) is 5.91 Å². The summed E-state index contributed by atoms with van der Waals surface area (Å²) in [5.41, 5.74) is 3.50. The predicted molar refractivity (Wildman–Crippen MR) is 148 cm³/mol. The van der Waals surface area contributed by atoms with Crippen LogP contribution in [0.15, 0.2) is 47.6 Å². The SMILES string of the molecule is CCC(Oc1c(Cl)cccc1C1=NNC(=O)CC1)C(=O)NCC(C)(C)NC(O)CCOc1ccccc1C#N. The number of rotatable bonds is 13. The highest BCUT2D eigenvalue weighted by molar-refractivity contribution is 6.32. The molecule has 208 valence electrons. The molecule has 11 heteroatoms. The summed E-state index contributed by atoms with van der Waals surface area (Å²) in [4.78, 5) is 24.5. The topological polar surface area (TPSA) is 145 Å². The number of para-hydroxylation sites is 2. The number of aliphatic hydroxyl groups is 1. The van der Waals surface area contributed by atoms with Gasteiger partial charge in [0, 0.05) is 36.9 Å². The van der Waals surface area contributed by atoms with Crippen LogP contribution in [-0.2, 0) is 9.59 Å². The van der Waals surface area contributed by atoms with Gasteiger partial charge in [0.25, 0.3) is 5.91 Å². The van der Waals surface area contributed by atoms with Crippen LogP contribution in [0.25, 0.3) is 0 Å². The number of nitriles is 1. The number of hydrogen-bond acceptors (Lipinski definition) is 8. The van der Waals surface area contributed by atoms with Crippen LogP contribution in [0, 0.1) is 11.3 Å². The molecule has 0 radical (unpaired) electrons. The van der Waals surface area contributed by atoms with Crippen LogP contribution >= 0.6 is 11.6 Å². The number of carbonyl (C=O) groups excluding carboxylic acids is 2. The van der Waals surface area contributed by atoms with E-state index in [0.29, 0.717) is 52.6 Å². The molecule has 1 aliphatic heterocycles. The molecule has 1 aliphatic rings. The van der Waals surface area contributed by atoms with Crippen molar-refractivity contribution in [2.24, 2.45) is 5.10 Å². The Bertz CT molecular complexity index is 1240. The minimum Gasteiger partial charge on any atom is -0.492 e. The quantitative estimate of drug-likeness (QED) is 0.278. The van der Waals surface area contributed by atoms with E-state index in [4.69, 9.17) is 26.3 Å². The lowest BCUT2D eigenvalue weighted by Gasteiger charge is -2.30. The Kier molecular flexibility index (Phi) is 10.7. The summed E-state index contributed by atoms with van der Waals surface area (Å²) < 4.78 is 11.7. The highest BCUT2D eigenvalue weighted by Gasteiger charge is 2.27. The Morgan fingerprint density at radius 1 is 1.26 bits per heavy atom. The normalized spacial score (nSPS) is 14.9. The number of hydrogen-bond donors (Lipinski definition) is 4. The molecule has 0 aromatic heterocycles. The molecule has 2 atom stereocenters. The van der Waals surface area contributed by atoms with Crippen LogP contribution in [-0.4, -0.2) is 53.7 Å². The van der Waals surface area contributed by atoms with Gasteiger partial charge in [-0.3, -0.25) is 14.9 Å². The molecule has 0 aliphatic carbocycles. The molecule has 10 nitrogen and oxygen atoms in total. The first kappa shape index (κ1) is 29.9. The molecular formula is C28H34ClN5O5. The lowest BCUT2D eigenvalue weighted by molar-refractivity contribution is -0.128. The molecule has 0 fully saturated rings. The zero-order valence-corrected chi connectivity index (χ0v) is 23.0. The van der Waals surface area contributed by atoms with E-state index in [1.807, 2.05) is 20.8 Å². The first-order valence-electron chi connectivity index (χ1n) is 12.8. The summed E-state index contributed by atoms with van der Waals surface area (Å²) in [6.07, 6.45) is -0.322. The van der Waals surface area contributed by atoms with Gasteiger partial charge in [0.1, 0.15) is 23.8 Å². The Balaban J connectivity index is 1.54. The number of halogens is 1. The number of aliphatic hydroxyl groups excluding tert-OH is 1. The second-order valence-corrected chi connectivity index (χ2v) is 10.1. The second kappa shape index (κ2) is 13.9. The Morgan fingerprint density at radius 3 is 2.72 bits per heavy atom. The maximum atomic E-state index is 13.0. The van der Waals surface area contributed by atoms with E-state index in [-0.39, 0.29) is 31.4 Å². The molecule has 4 N–H and O–H groups in total. The maximum absolute atomic E-state index is 13.0. The van der Waals surface area contributed by atoms with Crippen molar-refractivity contribution in [3.63, 3.8) is 0 Å². The van der Waals surface area contributed by atoms with E-state index in [9.17, 15) is 14.7 Å². The highest BCUT2D eigenvalue weighted by atomic mass is 35.5. The number of benzene rings is 2. The molecule has 0 saturated carbocycles. The van der Waals surface area contributed by atoms with Crippen molar-refractivity contribution in [2.45, 2.75) is 64.3 Å². The molecule has 0 bridgehead atoms. The molecule has 0 saturated heterocycles. The average Bonchev–Trinajstić information content (AvgIpc) is 2.91. The van der Waals surface area contributed by atoms with Crippen molar-refractivity contribution in [3.05, 3.63) is 58.6 Å². The Hall–Kier alpha value is -3.65. The van der Waals surface area contributed by atoms with Gasteiger partial charge in [-0.1, -0.05) is 36.7 Å². The molecule has 39 heavy (non-hydrogen) atoms. The number of amides is 2. The molecule has 2 aromatic carbocycles. The fraction of sp³-hybridized carbons (Fsp3) is 0.429. The molecule has 2 aromatic rings. The third-order valence-electron chi connectivity index (χ3n) is 6.02. The summed E-state index contributed by atoms with van der Waals surface area (Å²) in [5, 5.41) is 30.0. The van der Waals surface area contributed by atoms with E-state index < -0.39 is 17.9 Å². The minimum absolute atomic E-state index is 0.160. The molecule has 2 amide bonds. The zero-order valence-electron chi connectivity index (χ0n) is 22.3. The third-order valence-corrected chi connectivity index (χ3v) is 6.32. The fourth-order valence-electron chi connectivity index (χ4n) is 3.95. The summed E-state index contributed by atoms with van der Waals surface area (Å²) in [7, 11) is 0. The van der Waals surface area contributed by atoms with E-state index >= 15 is 0 Å². The fourth-order valence-corrected chi connectivity index (χ4v) is 4.17. The van der Waals surface area contributed by atoms with Crippen LogP contribution in [0.1, 0.15) is 57.6 Å². The maximum Gasteiger partial charge on any atom is 0.261 e. The monoisotopic (exact) mass is 555 g/mol. The van der Waals surface area contributed by atoms with Gasteiger partial charge in [0.05, 0.1) is 22.9 Å². The lowest BCUT2D eigenvalue weighted by Crippen LogP contribution is -2.54. The van der Waals surface area contributed by atoms with E-state index in [0.717, 1.165) is 0 Å². The summed E-state index contributed by atoms with van der Waals surface area (Å²) >= 11 is 6.42. The van der Waals surface area contributed by atoms with Gasteiger partial charge in [-0.25, -0.2) is 5.43 Å². The first-order chi connectivity index (χ1) is 18.6. The molecule has 0 spiro atoms. The van der Waals surface area contributed by atoms with Crippen molar-refractivity contribution in [1.29, 1.82) is 5.26 Å². The van der Waals surface area contributed by atoms with Gasteiger partial charge in [-0.15, -0.1) is 0 Å². The van der Waals surface area contributed by atoms with Gasteiger partial charge in [-0.2, -0.15) is 10.4 Å². The second-order valence-electron chi connectivity index (χ2n) is 9.73. The number of nitrogens with one attached hydrogen (secondary N) is 3. The summed E-state index contributed by atoms with van der Waals surface area (Å²) in [6.45, 7) is 5.96. The number of hydrazone groups is 1. The predicted octanol–water partition coefficient (Wildman–Crippen LogP) is 3.26. The average molecular weight is 556 g/mol. The van der Waals surface area contributed by atoms with Crippen molar-refractivity contribution < 1.29 is 24.2 Å². The van der Waals surface area contributed by atoms with Gasteiger partial charge >= 0.3 is 0 Å². The van der Waals surface area contributed by atoms with Gasteiger partial charge in [-0.05, 0) is 44.5 Å². The molecule has 2 unspecified atom stereocenters. The first-order valence-corrected chi connectivity index (χ1v) is 13.2. The molecule has 3 rings (SSSR count). The Labute approximate surface area is 233 Å². The van der Waals surface area contributed by atoms with Crippen LogP contribution in [0.2, 0.25) is 5.02 Å². The van der Waals surface area contributed by atoms with Gasteiger partial charge < -0.3 is 19.9 Å². The standard InChI is InChI=1S/C28H34ClN5O5/c1-4-22(39-26-19(9-7-10-20(26)29)21-12-13-25(36)34-33-21)27(37)31-17-28(2,3)32-24(35)14-15-38-23-11-6-5-8-18(23)16-30/h5-11,22,24,32,35H,4,12-15,17H2,1-3H3,(H,31,37)(H,34,36). The molecule has 1 heterocycles. The number of nitrogens with zero attached hydrogens (tertiary/aromatic N) is 2. The zero-order chi connectivity index (χ0) is 28.4. The van der Waals surface area contributed by atoms with Crippen LogP contribution in [0.3, 0.4) is 0 Å². The van der Waals surface area contributed by atoms with Crippen LogP contribution in [0.4, 0.5) is 0 Å². The Morgan fingerprint density at radius 2 is 2.03 bits per heavy atom. The number of ether oxygens (including phenoxy) is 2. The minimum atomic E-state index is -0.896. The van der Waals surface area contributed by atoms with Crippen molar-refractivity contribution in [1.82, 2.24) is 16.1 Å². The summed E-state index contributed by atoms with van der Waals surface area (Å²) in [5.74, 6) is 0.309.